The van der Waals surface area contributed by atoms with Crippen LogP contribution in [0, 0.1) is 16.5 Å². The Morgan fingerprint density at radius 2 is 2.36 bits per heavy atom. The van der Waals surface area contributed by atoms with Gasteiger partial charge in [0.25, 0.3) is 0 Å². The van der Waals surface area contributed by atoms with Crippen molar-refractivity contribution in [3.05, 3.63) is 5.21 Å². The summed E-state index contributed by atoms with van der Waals surface area (Å²) in [6.45, 7) is 2.74. The molecule has 0 aromatic carbocycles. The highest BCUT2D eigenvalue weighted by Gasteiger charge is 2.55. The number of hydrogen-bond acceptors (Lipinski definition) is 3. The van der Waals surface area contributed by atoms with Crippen molar-refractivity contribution in [2.24, 2.45) is 0 Å². The molecule has 0 saturated carbocycles. The third kappa shape index (κ3) is 1.24. The summed E-state index contributed by atoms with van der Waals surface area (Å²) in [5.41, 5.74) is -0.136. The zero-order chi connectivity index (χ0) is 10.2. The monoisotopic (exact) mass is 195 g/mol. The van der Waals surface area contributed by atoms with Crippen LogP contribution in [0.5, 0.6) is 0 Å². The summed E-state index contributed by atoms with van der Waals surface area (Å²) in [6.07, 6.45) is 3.11. The van der Waals surface area contributed by atoms with Gasteiger partial charge in [0.2, 0.25) is 0 Å². The molecule has 0 amide bonds. The molecule has 0 bridgehead atoms. The third-order valence-electron chi connectivity index (χ3n) is 3.88. The second-order valence-corrected chi connectivity index (χ2v) is 4.74. The molecule has 2 fully saturated rings. The normalized spacial score (nSPS) is 43.2. The van der Waals surface area contributed by atoms with Gasteiger partial charge < -0.3 is 14.8 Å². The topological polar surface area (TPSA) is 50.1 Å². The summed E-state index contributed by atoms with van der Waals surface area (Å²) in [5, 5.41) is 21.0. The number of rotatable bonds is 1. The van der Waals surface area contributed by atoms with E-state index in [4.69, 9.17) is 5.26 Å². The minimum absolute atomic E-state index is 0.133. The number of hydroxylamine groups is 3. The van der Waals surface area contributed by atoms with E-state index in [1.54, 1.807) is 0 Å². The van der Waals surface area contributed by atoms with Crippen molar-refractivity contribution in [1.82, 2.24) is 4.90 Å². The number of hydrogen-bond donors (Lipinski definition) is 0. The molecule has 2 rings (SSSR count). The molecule has 78 valence electrons. The summed E-state index contributed by atoms with van der Waals surface area (Å²) < 4.78 is -0.256. The second kappa shape index (κ2) is 3.20. The molecule has 0 aromatic rings. The van der Waals surface area contributed by atoms with Gasteiger partial charge in [-0.15, -0.1) is 0 Å². The molecular weight excluding hydrogens is 178 g/mol. The summed E-state index contributed by atoms with van der Waals surface area (Å²) in [6, 6.07) is 2.04. The molecule has 4 heteroatoms. The van der Waals surface area contributed by atoms with Crippen molar-refractivity contribution >= 4 is 0 Å². The predicted octanol–water partition coefficient (Wildman–Crippen LogP) is 0.693. The maximum atomic E-state index is 12.3. The summed E-state index contributed by atoms with van der Waals surface area (Å²) in [7, 11) is 2.07. The lowest BCUT2D eigenvalue weighted by atomic mass is 9.77. The predicted molar refractivity (Wildman–Crippen MR) is 53.1 cm³/mol. The summed E-state index contributed by atoms with van der Waals surface area (Å²) in [4.78, 5) is 2.23. The molecule has 0 N–H and O–H groups in total. The first-order chi connectivity index (χ1) is 6.62. The van der Waals surface area contributed by atoms with E-state index < -0.39 is 0 Å². The molecule has 0 radical (unpaired) electrons. The average Bonchev–Trinajstić information content (AvgIpc) is 2.16. The maximum absolute atomic E-state index is 12.3. The largest absolute Gasteiger partial charge is 0.632 e. The zero-order valence-corrected chi connectivity index (χ0v) is 8.70. The van der Waals surface area contributed by atoms with E-state index in [1.807, 2.05) is 6.07 Å². The van der Waals surface area contributed by atoms with Crippen LogP contribution in [0.25, 0.3) is 0 Å². The zero-order valence-electron chi connectivity index (χ0n) is 8.70. The van der Waals surface area contributed by atoms with Gasteiger partial charge in [0.15, 0.2) is 6.54 Å². The van der Waals surface area contributed by atoms with Crippen LogP contribution in [0.4, 0.5) is 0 Å². The summed E-state index contributed by atoms with van der Waals surface area (Å²) in [5.74, 6) is 0. The van der Waals surface area contributed by atoms with Gasteiger partial charge in [-0.1, -0.05) is 0 Å². The Morgan fingerprint density at radius 1 is 1.57 bits per heavy atom. The first-order valence-electron chi connectivity index (χ1n) is 5.26. The smallest absolute Gasteiger partial charge is 0.166 e. The first kappa shape index (κ1) is 9.91. The Morgan fingerprint density at radius 3 is 2.86 bits per heavy atom. The lowest BCUT2D eigenvalue weighted by molar-refractivity contribution is -0.970. The Kier molecular flexibility index (Phi) is 2.26. The Balaban J connectivity index is 2.12. The lowest BCUT2D eigenvalue weighted by Gasteiger charge is -2.65. The highest BCUT2D eigenvalue weighted by Crippen LogP contribution is 2.44. The number of likely N-dealkylation sites (tertiary alicyclic amines) is 2. The molecule has 2 atom stereocenters. The molecule has 2 heterocycles. The highest BCUT2D eigenvalue weighted by molar-refractivity contribution is 4.97. The molecule has 2 aliphatic rings. The van der Waals surface area contributed by atoms with Gasteiger partial charge in [-0.25, -0.2) is 0 Å². The van der Waals surface area contributed by atoms with Crippen LogP contribution in [-0.2, 0) is 0 Å². The number of quaternary nitrogens is 1. The minimum atomic E-state index is -0.256. The van der Waals surface area contributed by atoms with E-state index in [0.717, 1.165) is 32.4 Å². The molecular formula is C10H17N3O. The fourth-order valence-corrected chi connectivity index (χ4v) is 2.91. The van der Waals surface area contributed by atoms with Crippen molar-refractivity contribution in [2.45, 2.75) is 24.8 Å². The summed E-state index contributed by atoms with van der Waals surface area (Å²) >= 11 is 0. The van der Waals surface area contributed by atoms with Crippen molar-refractivity contribution in [3.63, 3.8) is 0 Å². The van der Waals surface area contributed by atoms with Crippen LogP contribution in [-0.4, -0.2) is 48.3 Å². The molecule has 2 aliphatic heterocycles. The molecule has 2 unspecified atom stereocenters. The number of likely N-dealkylation sites (N-methyl/N-ethyl adjacent to an activating group) is 1. The van der Waals surface area contributed by atoms with Crippen LogP contribution in [0.15, 0.2) is 0 Å². The molecule has 1 spiro atoms. The van der Waals surface area contributed by atoms with E-state index in [-0.39, 0.29) is 16.7 Å². The Bertz CT molecular complexity index is 275. The Hall–Kier alpha value is -0.630. The van der Waals surface area contributed by atoms with E-state index in [9.17, 15) is 5.21 Å². The number of nitriles is 1. The van der Waals surface area contributed by atoms with E-state index in [2.05, 4.69) is 11.9 Å². The third-order valence-corrected chi connectivity index (χ3v) is 3.88. The van der Waals surface area contributed by atoms with Crippen molar-refractivity contribution in [3.8, 4) is 6.07 Å². The van der Waals surface area contributed by atoms with E-state index >= 15 is 0 Å². The molecule has 0 aromatic heterocycles. The fraction of sp³-hybridized carbons (Fsp3) is 0.900. The van der Waals surface area contributed by atoms with Gasteiger partial charge in [-0.05, 0) is 20.0 Å². The minimum Gasteiger partial charge on any atom is -0.632 e. The molecule has 4 nitrogen and oxygen atoms in total. The molecule has 2 saturated heterocycles. The average molecular weight is 195 g/mol. The van der Waals surface area contributed by atoms with Gasteiger partial charge >= 0.3 is 0 Å². The Labute approximate surface area is 84.9 Å². The molecule has 14 heavy (non-hydrogen) atoms. The van der Waals surface area contributed by atoms with Gasteiger partial charge in [0, 0.05) is 6.42 Å². The quantitative estimate of drug-likeness (QED) is 0.351. The van der Waals surface area contributed by atoms with Gasteiger partial charge in [-0.2, -0.15) is 5.26 Å². The molecule has 0 aliphatic carbocycles. The van der Waals surface area contributed by atoms with Crippen molar-refractivity contribution in [2.75, 3.05) is 33.2 Å². The lowest BCUT2D eigenvalue weighted by Crippen LogP contribution is -2.75. The standard InChI is InChI=1S/C10H17N3O/c1-12-6-2-3-10(9-12)4-7-13(10,14)8-5-11/h2-4,6-9H2,1H3. The van der Waals surface area contributed by atoms with E-state index in [0.29, 0.717) is 6.54 Å². The van der Waals surface area contributed by atoms with Crippen LogP contribution >= 0.6 is 0 Å². The van der Waals surface area contributed by atoms with Gasteiger partial charge in [0.1, 0.15) is 11.6 Å². The van der Waals surface area contributed by atoms with Crippen LogP contribution < -0.4 is 0 Å². The second-order valence-electron chi connectivity index (χ2n) is 4.74. The van der Waals surface area contributed by atoms with Gasteiger partial charge in [0.05, 0.1) is 19.5 Å². The van der Waals surface area contributed by atoms with Crippen molar-refractivity contribution in [1.29, 1.82) is 5.26 Å². The SMILES string of the molecule is CN1CCCC2(CC[N+]2([O-])CC#N)C1. The number of nitrogens with zero attached hydrogens (tertiary/aromatic N) is 3. The fourth-order valence-electron chi connectivity index (χ4n) is 2.91. The van der Waals surface area contributed by atoms with Gasteiger partial charge in [-0.3, -0.25) is 0 Å². The highest BCUT2D eigenvalue weighted by atomic mass is 16.6. The first-order valence-corrected chi connectivity index (χ1v) is 5.26. The maximum Gasteiger partial charge on any atom is 0.166 e. The number of piperidine rings is 1. The van der Waals surface area contributed by atoms with Crippen molar-refractivity contribution < 1.29 is 4.65 Å². The van der Waals surface area contributed by atoms with Crippen LogP contribution in [0.3, 0.4) is 0 Å². The van der Waals surface area contributed by atoms with Crippen LogP contribution in [0.2, 0.25) is 0 Å². The van der Waals surface area contributed by atoms with Crippen LogP contribution in [0.1, 0.15) is 19.3 Å². The van der Waals surface area contributed by atoms with E-state index in [1.165, 1.54) is 0 Å².